The van der Waals surface area contributed by atoms with Crippen molar-refractivity contribution >= 4 is 17.0 Å². The molecule has 0 fully saturated rings. The molecule has 0 unspecified atom stereocenters. The van der Waals surface area contributed by atoms with Crippen LogP contribution in [-0.4, -0.2) is 17.1 Å². The smallest absolute Gasteiger partial charge is 0.398 e. The maximum absolute atomic E-state index is 12.8. The molecule has 0 spiro atoms. The van der Waals surface area contributed by atoms with Crippen LogP contribution in [0.2, 0.25) is 0 Å². The molecule has 0 aromatic heterocycles. The Hall–Kier alpha value is -1.82. The topological polar surface area (TPSA) is 63.3 Å². The van der Waals surface area contributed by atoms with Gasteiger partial charge in [0.1, 0.15) is 0 Å². The van der Waals surface area contributed by atoms with Gasteiger partial charge in [0.05, 0.1) is 12.2 Å². The van der Waals surface area contributed by atoms with Crippen molar-refractivity contribution in [3.63, 3.8) is 0 Å². The van der Waals surface area contributed by atoms with Crippen LogP contribution >= 0.6 is 0 Å². The molecule has 0 saturated heterocycles. The minimum atomic E-state index is -4.60. The number of fused-ring (bicyclic) bond motifs is 1. The minimum Gasteiger partial charge on any atom is -0.398 e. The summed E-state index contributed by atoms with van der Waals surface area (Å²) in [5.74, 6) is -0.608. The van der Waals surface area contributed by atoms with Gasteiger partial charge in [0.25, 0.3) is 0 Å². The van der Waals surface area contributed by atoms with Crippen molar-refractivity contribution in [1.29, 1.82) is 0 Å². The third-order valence-corrected chi connectivity index (χ3v) is 2.80. The van der Waals surface area contributed by atoms with Crippen LogP contribution in [0.3, 0.4) is 0 Å². The van der Waals surface area contributed by atoms with Gasteiger partial charge in [0.15, 0.2) is 5.78 Å². The van der Waals surface area contributed by atoms with E-state index in [1.165, 1.54) is 6.07 Å². The van der Waals surface area contributed by atoms with E-state index in [2.05, 4.69) is 0 Å². The first kappa shape index (κ1) is 12.6. The average Bonchev–Trinajstić information content (AvgIpc) is 2.26. The van der Waals surface area contributed by atoms with E-state index in [0.717, 1.165) is 6.07 Å². The number of carbonyl (C=O) groups excluding carboxylic acids is 1. The number of hydrogen-bond donors (Lipinski definition) is 2. The Labute approximate surface area is 101 Å². The number of ketones is 1. The SMILES string of the molecule is Nc1cc2c(cc1CO)CC(=O)C=C2C(F)(F)F. The van der Waals surface area contributed by atoms with Crippen LogP contribution in [0.15, 0.2) is 18.2 Å². The Morgan fingerprint density at radius 2 is 2.00 bits per heavy atom. The summed E-state index contributed by atoms with van der Waals surface area (Å²) in [6.45, 7) is -0.377. The van der Waals surface area contributed by atoms with Gasteiger partial charge < -0.3 is 10.8 Å². The number of nitrogens with two attached hydrogens (primary N) is 1. The van der Waals surface area contributed by atoms with Crippen LogP contribution in [-0.2, 0) is 17.8 Å². The highest BCUT2D eigenvalue weighted by atomic mass is 19.4. The second-order valence-corrected chi connectivity index (χ2v) is 4.07. The maximum Gasteiger partial charge on any atom is 0.417 e. The molecule has 1 aromatic carbocycles. The molecular formula is C12H10F3NO2. The molecule has 0 aliphatic heterocycles. The number of allylic oxidation sites excluding steroid dienone is 2. The van der Waals surface area contributed by atoms with E-state index in [1.54, 1.807) is 0 Å². The zero-order valence-electron chi connectivity index (χ0n) is 9.21. The van der Waals surface area contributed by atoms with Gasteiger partial charge in [-0.05, 0) is 23.3 Å². The largest absolute Gasteiger partial charge is 0.417 e. The summed E-state index contributed by atoms with van der Waals surface area (Å²) in [7, 11) is 0. The molecule has 1 aliphatic rings. The van der Waals surface area contributed by atoms with E-state index in [0.29, 0.717) is 11.6 Å². The monoisotopic (exact) mass is 257 g/mol. The fourth-order valence-corrected chi connectivity index (χ4v) is 1.96. The highest BCUT2D eigenvalue weighted by Gasteiger charge is 2.38. The fraction of sp³-hybridized carbons (Fsp3) is 0.250. The number of carbonyl (C=O) groups is 1. The molecule has 3 N–H and O–H groups in total. The van der Waals surface area contributed by atoms with Crippen molar-refractivity contribution in [2.24, 2.45) is 0 Å². The van der Waals surface area contributed by atoms with Crippen LogP contribution in [0.1, 0.15) is 16.7 Å². The van der Waals surface area contributed by atoms with Gasteiger partial charge in [0.2, 0.25) is 0 Å². The molecular weight excluding hydrogens is 247 g/mol. The quantitative estimate of drug-likeness (QED) is 0.754. The van der Waals surface area contributed by atoms with E-state index in [1.807, 2.05) is 0 Å². The van der Waals surface area contributed by atoms with Gasteiger partial charge in [0, 0.05) is 17.7 Å². The van der Waals surface area contributed by atoms with Gasteiger partial charge in [-0.3, -0.25) is 4.79 Å². The molecule has 0 heterocycles. The molecule has 3 nitrogen and oxygen atoms in total. The molecule has 18 heavy (non-hydrogen) atoms. The zero-order valence-corrected chi connectivity index (χ0v) is 9.21. The lowest BCUT2D eigenvalue weighted by Crippen LogP contribution is -2.20. The van der Waals surface area contributed by atoms with Crippen molar-refractivity contribution in [2.75, 3.05) is 5.73 Å². The second kappa shape index (κ2) is 4.13. The Morgan fingerprint density at radius 3 is 2.56 bits per heavy atom. The van der Waals surface area contributed by atoms with E-state index >= 15 is 0 Å². The summed E-state index contributed by atoms with van der Waals surface area (Å²) in [4.78, 5) is 11.3. The van der Waals surface area contributed by atoms with Gasteiger partial charge in [-0.2, -0.15) is 13.2 Å². The highest BCUT2D eigenvalue weighted by Crippen LogP contribution is 2.39. The number of aliphatic hydroxyl groups excluding tert-OH is 1. The molecule has 1 aromatic rings. The number of hydrogen-bond acceptors (Lipinski definition) is 3. The summed E-state index contributed by atoms with van der Waals surface area (Å²) < 4.78 is 38.4. The molecule has 0 amide bonds. The lowest BCUT2D eigenvalue weighted by Gasteiger charge is -2.21. The number of aliphatic hydroxyl groups is 1. The van der Waals surface area contributed by atoms with Gasteiger partial charge in [-0.1, -0.05) is 6.07 Å². The zero-order chi connectivity index (χ0) is 13.5. The third-order valence-electron chi connectivity index (χ3n) is 2.80. The van der Waals surface area contributed by atoms with E-state index in [4.69, 9.17) is 10.8 Å². The predicted octanol–water partition coefficient (Wildman–Crippen LogP) is 1.83. The normalized spacial score (nSPS) is 15.3. The highest BCUT2D eigenvalue weighted by molar-refractivity contribution is 6.03. The Balaban J connectivity index is 2.64. The van der Waals surface area contributed by atoms with Crippen LogP contribution in [0, 0.1) is 0 Å². The van der Waals surface area contributed by atoms with E-state index in [-0.39, 0.29) is 29.8 Å². The Morgan fingerprint density at radius 1 is 1.33 bits per heavy atom. The van der Waals surface area contributed by atoms with Gasteiger partial charge in [-0.25, -0.2) is 0 Å². The molecule has 96 valence electrons. The first-order valence-electron chi connectivity index (χ1n) is 5.17. The Bertz CT molecular complexity index is 547. The molecule has 1 aliphatic carbocycles. The average molecular weight is 257 g/mol. The number of benzene rings is 1. The van der Waals surface area contributed by atoms with Crippen molar-refractivity contribution < 1.29 is 23.1 Å². The summed E-state index contributed by atoms with van der Waals surface area (Å²) in [6.07, 6.45) is -4.11. The van der Waals surface area contributed by atoms with E-state index < -0.39 is 17.5 Å². The molecule has 0 bridgehead atoms. The predicted molar refractivity (Wildman–Crippen MR) is 59.5 cm³/mol. The molecule has 0 saturated carbocycles. The van der Waals surface area contributed by atoms with Gasteiger partial charge in [-0.15, -0.1) is 0 Å². The lowest BCUT2D eigenvalue weighted by atomic mass is 9.88. The number of rotatable bonds is 1. The van der Waals surface area contributed by atoms with Crippen LogP contribution in [0.4, 0.5) is 18.9 Å². The van der Waals surface area contributed by atoms with Crippen LogP contribution in [0.25, 0.3) is 5.57 Å². The van der Waals surface area contributed by atoms with Crippen LogP contribution in [0.5, 0.6) is 0 Å². The van der Waals surface area contributed by atoms with Crippen molar-refractivity contribution in [2.45, 2.75) is 19.2 Å². The first-order valence-corrected chi connectivity index (χ1v) is 5.17. The maximum atomic E-state index is 12.8. The molecule has 0 atom stereocenters. The van der Waals surface area contributed by atoms with E-state index in [9.17, 15) is 18.0 Å². The van der Waals surface area contributed by atoms with Gasteiger partial charge >= 0.3 is 6.18 Å². The summed E-state index contributed by atoms with van der Waals surface area (Å²) in [5, 5.41) is 9.01. The molecule has 0 radical (unpaired) electrons. The second-order valence-electron chi connectivity index (χ2n) is 4.07. The molecule has 6 heteroatoms. The first-order chi connectivity index (χ1) is 8.32. The molecule has 2 rings (SSSR count). The minimum absolute atomic E-state index is 0.0840. The third kappa shape index (κ3) is 2.11. The van der Waals surface area contributed by atoms with Crippen molar-refractivity contribution in [3.8, 4) is 0 Å². The summed E-state index contributed by atoms with van der Waals surface area (Å²) in [5.41, 5.74) is 5.14. The van der Waals surface area contributed by atoms with Crippen molar-refractivity contribution in [1.82, 2.24) is 0 Å². The number of alkyl halides is 3. The number of nitrogen functional groups attached to an aromatic ring is 1. The lowest BCUT2D eigenvalue weighted by molar-refractivity contribution is -0.114. The number of halogens is 3. The standard InChI is InChI=1S/C12H10F3NO2/c13-12(14,15)10-3-8(18)2-6-1-7(5-17)11(16)4-9(6)10/h1,3-4,17H,2,5,16H2. The number of anilines is 1. The van der Waals surface area contributed by atoms with Crippen molar-refractivity contribution in [3.05, 3.63) is 34.9 Å². The Kier molecular flexibility index (Phi) is 2.90. The summed E-state index contributed by atoms with van der Waals surface area (Å²) >= 11 is 0. The van der Waals surface area contributed by atoms with Crippen LogP contribution < -0.4 is 5.73 Å². The summed E-state index contributed by atoms with van der Waals surface area (Å²) in [6, 6.07) is 2.51. The fourth-order valence-electron chi connectivity index (χ4n) is 1.96.